The first-order valence-electron chi connectivity index (χ1n) is 16.6. The SMILES string of the molecule is CC1=C2C[C@H]3C(CC[C@@H]4C[C@H](N=[N+]=[N-])CC[C@@]43C)[C@@H]2CCC12O[C@@H]1CC(C)CN(C(=O)OCc3ccccc3)C1[C@H]2C. The summed E-state index contributed by atoms with van der Waals surface area (Å²) in [5, 5.41) is 4.14. The predicted molar refractivity (Wildman–Crippen MR) is 162 cm³/mol. The summed E-state index contributed by atoms with van der Waals surface area (Å²) >= 11 is 0. The Morgan fingerprint density at radius 2 is 1.95 bits per heavy atom. The molecule has 7 nitrogen and oxygen atoms in total. The highest BCUT2D eigenvalue weighted by Crippen LogP contribution is 2.66. The fourth-order valence-corrected chi connectivity index (χ4v) is 11.1. The van der Waals surface area contributed by atoms with Gasteiger partial charge in [-0.3, -0.25) is 0 Å². The Bertz CT molecular complexity index is 1290. The third kappa shape index (κ3) is 4.32. The van der Waals surface area contributed by atoms with Gasteiger partial charge in [-0.05, 0) is 116 Å². The number of fused-ring (bicyclic) bond motifs is 6. The van der Waals surface area contributed by atoms with Crippen molar-refractivity contribution in [1.82, 2.24) is 4.90 Å². The van der Waals surface area contributed by atoms with E-state index in [4.69, 9.17) is 15.0 Å². The van der Waals surface area contributed by atoms with Crippen LogP contribution in [0, 0.1) is 40.9 Å². The minimum absolute atomic E-state index is 0.0538. The highest BCUT2D eigenvalue weighted by molar-refractivity contribution is 5.68. The summed E-state index contributed by atoms with van der Waals surface area (Å²) in [6.45, 7) is 10.6. The summed E-state index contributed by atoms with van der Waals surface area (Å²) in [6, 6.07) is 10.2. The molecule has 5 fully saturated rings. The number of benzene rings is 1. The van der Waals surface area contributed by atoms with Crippen molar-refractivity contribution in [3.63, 3.8) is 0 Å². The number of carbonyl (C=O) groups is 1. The Balaban J connectivity index is 1.13. The summed E-state index contributed by atoms with van der Waals surface area (Å²) in [7, 11) is 0. The molecule has 11 atom stereocenters. The maximum Gasteiger partial charge on any atom is 0.410 e. The lowest BCUT2D eigenvalue weighted by Gasteiger charge is -2.53. The number of rotatable bonds is 3. The molecule has 1 spiro atoms. The number of ether oxygens (including phenoxy) is 2. The third-order valence-corrected chi connectivity index (χ3v) is 13.2. The summed E-state index contributed by atoms with van der Waals surface area (Å²) < 4.78 is 13.1. The van der Waals surface area contributed by atoms with Crippen LogP contribution in [0.1, 0.15) is 91.0 Å². The molecule has 4 aliphatic carbocycles. The van der Waals surface area contributed by atoms with Crippen LogP contribution >= 0.6 is 0 Å². The summed E-state index contributed by atoms with van der Waals surface area (Å²) in [6.07, 6.45) is 10.2. The lowest BCUT2D eigenvalue weighted by Crippen LogP contribution is -2.54. The normalized spacial score (nSPS) is 44.1. The van der Waals surface area contributed by atoms with E-state index in [0.29, 0.717) is 29.8 Å². The van der Waals surface area contributed by atoms with E-state index in [-0.39, 0.29) is 35.8 Å². The van der Waals surface area contributed by atoms with Gasteiger partial charge in [-0.25, -0.2) is 4.79 Å². The Hall–Kier alpha value is -2.50. The van der Waals surface area contributed by atoms with Crippen LogP contribution in [0.3, 0.4) is 0 Å². The molecule has 1 aromatic carbocycles. The second-order valence-electron chi connectivity index (χ2n) is 15.0. The molecule has 7 heteroatoms. The van der Waals surface area contributed by atoms with E-state index < -0.39 is 0 Å². The molecular formula is C35H48N4O3. The Morgan fingerprint density at radius 1 is 1.14 bits per heavy atom. The summed E-state index contributed by atoms with van der Waals surface area (Å²) in [5.41, 5.74) is 13.3. The van der Waals surface area contributed by atoms with Gasteiger partial charge in [0.25, 0.3) is 0 Å². The van der Waals surface area contributed by atoms with E-state index in [1.807, 2.05) is 35.2 Å². The molecule has 1 aromatic rings. The van der Waals surface area contributed by atoms with E-state index >= 15 is 0 Å². The molecule has 42 heavy (non-hydrogen) atoms. The van der Waals surface area contributed by atoms with Gasteiger partial charge in [-0.2, -0.15) is 0 Å². The number of piperidine rings is 1. The summed E-state index contributed by atoms with van der Waals surface area (Å²) in [4.78, 5) is 18.7. The molecule has 0 N–H and O–H groups in total. The predicted octanol–water partition coefficient (Wildman–Crippen LogP) is 8.45. The Kier molecular flexibility index (Phi) is 7.13. The van der Waals surface area contributed by atoms with E-state index in [0.717, 1.165) is 49.6 Å². The number of hydrogen-bond acceptors (Lipinski definition) is 4. The van der Waals surface area contributed by atoms with Gasteiger partial charge in [0.05, 0.1) is 17.7 Å². The van der Waals surface area contributed by atoms with Crippen LogP contribution in [0.5, 0.6) is 0 Å². The zero-order valence-corrected chi connectivity index (χ0v) is 25.9. The first-order chi connectivity index (χ1) is 20.2. The van der Waals surface area contributed by atoms with Crippen molar-refractivity contribution < 1.29 is 14.3 Å². The molecule has 4 unspecified atom stereocenters. The fraction of sp³-hybridized carbons (Fsp3) is 0.743. The molecule has 1 amide bonds. The molecular weight excluding hydrogens is 524 g/mol. The van der Waals surface area contributed by atoms with Crippen LogP contribution in [-0.4, -0.2) is 41.3 Å². The van der Waals surface area contributed by atoms with Crippen LogP contribution in [0.4, 0.5) is 4.79 Å². The molecule has 2 saturated heterocycles. The Morgan fingerprint density at radius 3 is 2.74 bits per heavy atom. The van der Waals surface area contributed by atoms with Crippen molar-refractivity contribution in [2.75, 3.05) is 6.54 Å². The van der Waals surface area contributed by atoms with Crippen molar-refractivity contribution in [1.29, 1.82) is 0 Å². The molecule has 2 aliphatic heterocycles. The first kappa shape index (κ1) is 28.3. The second kappa shape index (κ2) is 10.6. The van der Waals surface area contributed by atoms with Crippen molar-refractivity contribution >= 4 is 6.09 Å². The third-order valence-electron chi connectivity index (χ3n) is 13.2. The molecule has 2 heterocycles. The number of likely N-dealkylation sites (tertiary alicyclic amines) is 1. The van der Waals surface area contributed by atoms with Crippen molar-refractivity contribution in [2.45, 2.75) is 116 Å². The minimum atomic E-state index is -0.282. The number of amides is 1. The first-order valence-corrected chi connectivity index (χ1v) is 16.6. The number of hydrogen-bond donors (Lipinski definition) is 0. The molecule has 226 valence electrons. The van der Waals surface area contributed by atoms with Crippen LogP contribution in [0.25, 0.3) is 10.4 Å². The monoisotopic (exact) mass is 572 g/mol. The topological polar surface area (TPSA) is 87.5 Å². The lowest BCUT2D eigenvalue weighted by atomic mass is 9.52. The average Bonchev–Trinajstić information content (AvgIpc) is 3.51. The number of azide groups is 1. The van der Waals surface area contributed by atoms with Crippen LogP contribution < -0.4 is 0 Å². The van der Waals surface area contributed by atoms with E-state index in [2.05, 4.69) is 37.7 Å². The molecule has 0 aromatic heterocycles. The number of carbonyl (C=O) groups excluding carboxylic acids is 1. The van der Waals surface area contributed by atoms with Gasteiger partial charge >= 0.3 is 6.09 Å². The van der Waals surface area contributed by atoms with Gasteiger partial charge in [-0.15, -0.1) is 0 Å². The Labute approximate surface area is 251 Å². The maximum absolute atomic E-state index is 13.6. The van der Waals surface area contributed by atoms with Crippen molar-refractivity contribution in [3.05, 3.63) is 57.5 Å². The van der Waals surface area contributed by atoms with Gasteiger partial charge < -0.3 is 14.4 Å². The van der Waals surface area contributed by atoms with Crippen LogP contribution in [0.15, 0.2) is 46.6 Å². The van der Waals surface area contributed by atoms with Gasteiger partial charge in [0, 0.05) is 23.4 Å². The summed E-state index contributed by atoms with van der Waals surface area (Å²) in [5.74, 6) is 3.45. The zero-order chi connectivity index (χ0) is 29.2. The van der Waals surface area contributed by atoms with E-state index in [1.54, 1.807) is 5.57 Å². The maximum atomic E-state index is 13.6. The molecule has 0 bridgehead atoms. The van der Waals surface area contributed by atoms with Gasteiger partial charge in [0.2, 0.25) is 0 Å². The second-order valence-corrected chi connectivity index (χ2v) is 15.0. The van der Waals surface area contributed by atoms with Crippen LogP contribution in [-0.2, 0) is 16.1 Å². The number of nitrogens with zero attached hydrogens (tertiary/aromatic N) is 4. The average molecular weight is 573 g/mol. The molecule has 7 rings (SSSR count). The van der Waals surface area contributed by atoms with Gasteiger partial charge in [0.1, 0.15) is 6.61 Å². The largest absolute Gasteiger partial charge is 0.445 e. The molecule has 3 saturated carbocycles. The van der Waals surface area contributed by atoms with Crippen LogP contribution in [0.2, 0.25) is 0 Å². The number of allylic oxidation sites excluding steroid dienone is 1. The van der Waals surface area contributed by atoms with Gasteiger partial charge in [-0.1, -0.05) is 61.8 Å². The van der Waals surface area contributed by atoms with Gasteiger partial charge in [0.15, 0.2) is 0 Å². The van der Waals surface area contributed by atoms with Crippen molar-refractivity contribution in [2.24, 2.45) is 46.0 Å². The molecule has 0 radical (unpaired) electrons. The van der Waals surface area contributed by atoms with E-state index in [9.17, 15) is 4.79 Å². The highest BCUT2D eigenvalue weighted by Gasteiger charge is 2.63. The minimum Gasteiger partial charge on any atom is -0.445 e. The standard InChI is InChI=1S/C35H48N4O3/c1-21-16-31-32(39(19-21)33(40)41-20-24-8-6-5-7-9-24)23(3)35(42-31)15-13-27-28-11-10-25-17-26(37-38-36)12-14-34(25,4)30(28)18-29(27)22(35)2/h5-9,21,23,25-28,30-32H,10-20H2,1-4H3/t21?,23-,25-,26-,27+,28?,30+,31-,32?,34+,35?/m1/s1. The fourth-order valence-electron chi connectivity index (χ4n) is 11.1. The van der Waals surface area contributed by atoms with E-state index in [1.165, 1.54) is 37.7 Å². The zero-order valence-electron chi connectivity index (χ0n) is 25.9. The molecule has 6 aliphatic rings. The lowest BCUT2D eigenvalue weighted by molar-refractivity contribution is -0.0665. The highest BCUT2D eigenvalue weighted by atomic mass is 16.6. The quantitative estimate of drug-likeness (QED) is 0.158. The van der Waals surface area contributed by atoms with Crippen molar-refractivity contribution in [3.8, 4) is 0 Å². The smallest absolute Gasteiger partial charge is 0.410 e.